The van der Waals surface area contributed by atoms with Crippen LogP contribution in [0.25, 0.3) is 0 Å². The fraction of sp³-hybridized carbons (Fsp3) is 0.471. The highest BCUT2D eigenvalue weighted by Gasteiger charge is 2.25. The number of nitrogens with zero attached hydrogens (tertiary/aromatic N) is 4. The van der Waals surface area contributed by atoms with Crippen LogP contribution in [0.2, 0.25) is 0 Å². The van der Waals surface area contributed by atoms with Crippen LogP contribution in [0.4, 0.5) is 17.6 Å². The minimum Gasteiger partial charge on any atom is -0.339 e. The van der Waals surface area contributed by atoms with Crippen molar-refractivity contribution in [3.05, 3.63) is 23.5 Å². The lowest BCUT2D eigenvalue weighted by molar-refractivity contribution is 0.724. The lowest BCUT2D eigenvalue weighted by Crippen LogP contribution is -2.29. The fourth-order valence-corrected chi connectivity index (χ4v) is 2.90. The van der Waals surface area contributed by atoms with Gasteiger partial charge in [0.05, 0.1) is 11.8 Å². The van der Waals surface area contributed by atoms with Gasteiger partial charge in [-0.05, 0) is 25.8 Å². The Morgan fingerprint density at radius 2 is 2.21 bits per heavy atom. The molecule has 1 saturated heterocycles. The van der Waals surface area contributed by atoms with E-state index in [1.54, 1.807) is 6.20 Å². The van der Waals surface area contributed by atoms with Gasteiger partial charge >= 0.3 is 0 Å². The molecule has 0 unspecified atom stereocenters. The summed E-state index contributed by atoms with van der Waals surface area (Å²) in [5.41, 5.74) is 1.82. The highest BCUT2D eigenvalue weighted by atomic mass is 15.3. The van der Waals surface area contributed by atoms with Crippen molar-refractivity contribution in [2.75, 3.05) is 36.4 Å². The van der Waals surface area contributed by atoms with E-state index >= 15 is 0 Å². The van der Waals surface area contributed by atoms with Gasteiger partial charge in [0.15, 0.2) is 11.6 Å². The Balaban J connectivity index is 1.57. The lowest BCUT2D eigenvalue weighted by Gasteiger charge is -2.20. The fourth-order valence-electron chi connectivity index (χ4n) is 2.90. The molecule has 1 saturated carbocycles. The van der Waals surface area contributed by atoms with Crippen molar-refractivity contribution in [1.82, 2.24) is 25.5 Å². The van der Waals surface area contributed by atoms with Crippen molar-refractivity contribution >= 4 is 17.6 Å². The maximum Gasteiger partial charge on any atom is 0.227 e. The lowest BCUT2D eigenvalue weighted by atomic mass is 10.3. The summed E-state index contributed by atoms with van der Waals surface area (Å²) in [6.45, 7) is 3.80. The van der Waals surface area contributed by atoms with Crippen LogP contribution < -0.4 is 15.5 Å². The largest absolute Gasteiger partial charge is 0.339 e. The van der Waals surface area contributed by atoms with Crippen molar-refractivity contribution in [2.45, 2.75) is 25.2 Å². The predicted molar refractivity (Wildman–Crippen MR) is 93.5 cm³/mol. The van der Waals surface area contributed by atoms with Crippen LogP contribution in [-0.2, 0) is 0 Å². The molecule has 4 rings (SSSR count). The Bertz CT molecular complexity index is 749. The molecule has 2 aromatic rings. The van der Waals surface area contributed by atoms with Crippen LogP contribution in [0, 0.1) is 12.3 Å². The van der Waals surface area contributed by atoms with Gasteiger partial charge in [0.2, 0.25) is 5.95 Å². The summed E-state index contributed by atoms with van der Waals surface area (Å²) in [5.74, 6) is 5.36. The Morgan fingerprint density at radius 3 is 3.04 bits per heavy atom. The third kappa shape index (κ3) is 3.19. The van der Waals surface area contributed by atoms with Gasteiger partial charge < -0.3 is 15.5 Å². The first-order valence-corrected chi connectivity index (χ1v) is 8.45. The van der Waals surface area contributed by atoms with Crippen LogP contribution >= 0.6 is 0 Å². The molecular weight excluding hydrogens is 302 g/mol. The minimum absolute atomic E-state index is 0.630. The molecule has 3 N–H and O–H groups in total. The number of anilines is 3. The molecule has 0 radical (unpaired) electrons. The topological polar surface area (TPSA) is 81.8 Å². The average molecular weight is 323 g/mol. The third-order valence-electron chi connectivity index (χ3n) is 4.42. The number of aromatic nitrogens is 4. The van der Waals surface area contributed by atoms with Gasteiger partial charge in [-0.1, -0.05) is 5.92 Å². The third-order valence-corrected chi connectivity index (χ3v) is 4.42. The quantitative estimate of drug-likeness (QED) is 0.742. The Hall–Kier alpha value is -2.59. The van der Waals surface area contributed by atoms with Crippen LogP contribution in [0.15, 0.2) is 12.3 Å². The molecule has 1 aliphatic carbocycles. The van der Waals surface area contributed by atoms with E-state index in [0.29, 0.717) is 23.2 Å². The minimum atomic E-state index is 0.630. The number of hydrogen-bond acceptors (Lipinski definition) is 6. The summed E-state index contributed by atoms with van der Waals surface area (Å²) >= 11 is 0. The summed E-state index contributed by atoms with van der Waals surface area (Å²) in [4.78, 5) is 11.3. The van der Waals surface area contributed by atoms with E-state index in [9.17, 15) is 0 Å². The number of terminal acetylenes is 1. The standard InChI is InChI=1S/C17H21N7/c1-2-12-11-19-17(24-8-3-6-18-7-9-24)21-16(12)20-15-10-14(22-23-15)13-4-5-13/h1,10-11,13,18H,3-9H2,(H2,19,20,21,22,23). The van der Waals surface area contributed by atoms with Crippen molar-refractivity contribution in [2.24, 2.45) is 0 Å². The first-order valence-electron chi connectivity index (χ1n) is 8.45. The van der Waals surface area contributed by atoms with Crippen LogP contribution in [0.3, 0.4) is 0 Å². The van der Waals surface area contributed by atoms with Gasteiger partial charge in [-0.15, -0.1) is 6.42 Å². The molecule has 7 nitrogen and oxygen atoms in total. The maximum atomic E-state index is 5.60. The maximum absolute atomic E-state index is 5.60. The van der Waals surface area contributed by atoms with E-state index in [0.717, 1.165) is 38.4 Å². The Labute approximate surface area is 141 Å². The molecule has 2 aromatic heterocycles. The van der Waals surface area contributed by atoms with E-state index in [1.807, 2.05) is 6.07 Å². The normalized spacial score (nSPS) is 18.0. The van der Waals surface area contributed by atoms with Crippen LogP contribution in [0.5, 0.6) is 0 Å². The first-order chi connectivity index (χ1) is 11.8. The van der Waals surface area contributed by atoms with Crippen molar-refractivity contribution in [3.8, 4) is 12.3 Å². The number of hydrogen-bond donors (Lipinski definition) is 3. The molecule has 3 heterocycles. The predicted octanol–water partition coefficient (Wildman–Crippen LogP) is 1.60. The summed E-state index contributed by atoms with van der Waals surface area (Å²) in [6, 6.07) is 2.04. The molecule has 124 valence electrons. The van der Waals surface area contributed by atoms with Crippen molar-refractivity contribution in [3.63, 3.8) is 0 Å². The molecule has 1 aliphatic heterocycles. The summed E-state index contributed by atoms with van der Waals surface area (Å²) < 4.78 is 0. The molecule has 0 spiro atoms. The summed E-state index contributed by atoms with van der Waals surface area (Å²) in [6.07, 6.45) is 10.8. The molecule has 0 bridgehead atoms. The number of rotatable bonds is 4. The van der Waals surface area contributed by atoms with Gasteiger partial charge in [-0.3, -0.25) is 5.10 Å². The second-order valence-electron chi connectivity index (χ2n) is 6.28. The molecule has 2 fully saturated rings. The highest BCUT2D eigenvalue weighted by Crippen LogP contribution is 2.39. The Kier molecular flexibility index (Phi) is 4.05. The van der Waals surface area contributed by atoms with E-state index in [-0.39, 0.29) is 0 Å². The first kappa shape index (κ1) is 15.0. The van der Waals surface area contributed by atoms with E-state index < -0.39 is 0 Å². The van der Waals surface area contributed by atoms with Crippen LogP contribution in [-0.4, -0.2) is 46.3 Å². The molecule has 24 heavy (non-hydrogen) atoms. The zero-order valence-electron chi connectivity index (χ0n) is 13.5. The van der Waals surface area contributed by atoms with Crippen LogP contribution in [0.1, 0.15) is 36.4 Å². The van der Waals surface area contributed by atoms with Gasteiger partial charge in [-0.25, -0.2) is 4.98 Å². The molecule has 2 aliphatic rings. The smallest absolute Gasteiger partial charge is 0.227 e. The van der Waals surface area contributed by atoms with Gasteiger partial charge in [0.1, 0.15) is 0 Å². The van der Waals surface area contributed by atoms with Gasteiger partial charge in [0.25, 0.3) is 0 Å². The van der Waals surface area contributed by atoms with E-state index in [1.165, 1.54) is 18.5 Å². The number of aromatic amines is 1. The molecule has 7 heteroatoms. The summed E-state index contributed by atoms with van der Waals surface area (Å²) in [7, 11) is 0. The SMILES string of the molecule is C#Cc1cnc(N2CCCNCC2)nc1Nc1cc(C2CC2)[nH]n1. The molecular formula is C17H21N7. The Morgan fingerprint density at radius 1 is 1.29 bits per heavy atom. The van der Waals surface area contributed by atoms with Crippen molar-refractivity contribution < 1.29 is 0 Å². The highest BCUT2D eigenvalue weighted by molar-refractivity contribution is 5.62. The second-order valence-corrected chi connectivity index (χ2v) is 6.28. The number of nitrogens with one attached hydrogen (secondary N) is 3. The van der Waals surface area contributed by atoms with E-state index in [4.69, 9.17) is 6.42 Å². The second kappa shape index (κ2) is 6.49. The molecule has 0 atom stereocenters. The van der Waals surface area contributed by atoms with Gasteiger partial charge in [0, 0.05) is 37.3 Å². The zero-order valence-corrected chi connectivity index (χ0v) is 13.5. The number of H-pyrrole nitrogens is 1. The van der Waals surface area contributed by atoms with Crippen molar-refractivity contribution in [1.29, 1.82) is 0 Å². The zero-order chi connectivity index (χ0) is 16.4. The molecule has 0 aromatic carbocycles. The van der Waals surface area contributed by atoms with Gasteiger partial charge in [-0.2, -0.15) is 10.1 Å². The average Bonchev–Trinajstić information content (AvgIpc) is 3.40. The monoisotopic (exact) mass is 323 g/mol. The summed E-state index contributed by atoms with van der Waals surface area (Å²) in [5, 5.41) is 14.0. The molecule has 0 amide bonds. The van der Waals surface area contributed by atoms with E-state index in [2.05, 4.69) is 41.6 Å².